The first-order valence-electron chi connectivity index (χ1n) is 5.32. The summed E-state index contributed by atoms with van der Waals surface area (Å²) in [6, 6.07) is 0. The van der Waals surface area contributed by atoms with E-state index in [-0.39, 0.29) is 0 Å². The molecule has 0 aromatic heterocycles. The Hall–Kier alpha value is -0.0800. The molecule has 2 heteroatoms. The molecule has 0 heterocycles. The SMILES string of the molecule is CCC(CCN(C)C)COC(C)C. The van der Waals surface area contributed by atoms with Crippen molar-refractivity contribution < 1.29 is 4.74 Å². The van der Waals surface area contributed by atoms with Crippen LogP contribution in [0.4, 0.5) is 0 Å². The topological polar surface area (TPSA) is 12.5 Å². The highest BCUT2D eigenvalue weighted by Crippen LogP contribution is 2.10. The van der Waals surface area contributed by atoms with Crippen LogP contribution in [-0.2, 0) is 4.74 Å². The summed E-state index contributed by atoms with van der Waals surface area (Å²) in [4.78, 5) is 2.23. The van der Waals surface area contributed by atoms with E-state index in [1.165, 1.54) is 19.4 Å². The molecule has 0 amide bonds. The third-order valence-corrected chi connectivity index (χ3v) is 2.23. The Kier molecular flexibility index (Phi) is 7.29. The summed E-state index contributed by atoms with van der Waals surface area (Å²) in [7, 11) is 4.24. The summed E-state index contributed by atoms with van der Waals surface area (Å²) in [6.45, 7) is 8.52. The molecule has 1 unspecified atom stereocenters. The van der Waals surface area contributed by atoms with Gasteiger partial charge in [-0.3, -0.25) is 0 Å². The molecule has 0 saturated heterocycles. The van der Waals surface area contributed by atoms with Gasteiger partial charge in [0.15, 0.2) is 0 Å². The number of nitrogens with zero attached hydrogens (tertiary/aromatic N) is 1. The molecule has 0 bridgehead atoms. The van der Waals surface area contributed by atoms with Crippen LogP contribution in [0.15, 0.2) is 0 Å². The molecule has 0 spiro atoms. The lowest BCUT2D eigenvalue weighted by Crippen LogP contribution is -2.20. The zero-order valence-corrected chi connectivity index (χ0v) is 9.84. The van der Waals surface area contributed by atoms with Gasteiger partial charge in [0.05, 0.1) is 6.10 Å². The number of hydrogen-bond donors (Lipinski definition) is 0. The van der Waals surface area contributed by atoms with Crippen molar-refractivity contribution in [2.75, 3.05) is 27.2 Å². The van der Waals surface area contributed by atoms with E-state index in [4.69, 9.17) is 4.74 Å². The summed E-state index contributed by atoms with van der Waals surface area (Å²) in [5.74, 6) is 0.727. The molecule has 0 aromatic carbocycles. The Morgan fingerprint density at radius 2 is 1.85 bits per heavy atom. The maximum Gasteiger partial charge on any atom is 0.0519 e. The molecular formula is C11H25NO. The summed E-state index contributed by atoms with van der Waals surface area (Å²) < 4.78 is 5.61. The monoisotopic (exact) mass is 187 g/mol. The van der Waals surface area contributed by atoms with E-state index < -0.39 is 0 Å². The van der Waals surface area contributed by atoms with Crippen LogP contribution in [0.5, 0.6) is 0 Å². The average molecular weight is 187 g/mol. The van der Waals surface area contributed by atoms with Gasteiger partial charge in [0, 0.05) is 6.61 Å². The zero-order valence-electron chi connectivity index (χ0n) is 9.84. The summed E-state index contributed by atoms with van der Waals surface area (Å²) in [6.07, 6.45) is 2.84. The van der Waals surface area contributed by atoms with Crippen molar-refractivity contribution in [1.29, 1.82) is 0 Å². The Labute approximate surface area is 83.3 Å². The largest absolute Gasteiger partial charge is 0.379 e. The molecule has 0 aliphatic carbocycles. The first-order valence-corrected chi connectivity index (χ1v) is 5.32. The van der Waals surface area contributed by atoms with Crippen LogP contribution >= 0.6 is 0 Å². The van der Waals surface area contributed by atoms with Crippen LogP contribution in [0.1, 0.15) is 33.6 Å². The fourth-order valence-electron chi connectivity index (χ4n) is 1.17. The van der Waals surface area contributed by atoms with E-state index in [9.17, 15) is 0 Å². The Morgan fingerprint density at radius 1 is 1.23 bits per heavy atom. The molecule has 0 fully saturated rings. The fourth-order valence-corrected chi connectivity index (χ4v) is 1.17. The molecule has 0 rings (SSSR count). The summed E-state index contributed by atoms with van der Waals surface area (Å²) in [5.41, 5.74) is 0. The van der Waals surface area contributed by atoms with E-state index in [1.807, 2.05) is 0 Å². The quantitative estimate of drug-likeness (QED) is 0.607. The van der Waals surface area contributed by atoms with Crippen molar-refractivity contribution in [2.45, 2.75) is 39.7 Å². The van der Waals surface area contributed by atoms with E-state index in [0.717, 1.165) is 12.5 Å². The predicted molar refractivity (Wildman–Crippen MR) is 58.0 cm³/mol. The zero-order chi connectivity index (χ0) is 10.3. The van der Waals surface area contributed by atoms with E-state index in [2.05, 4.69) is 39.8 Å². The minimum atomic E-state index is 0.369. The van der Waals surface area contributed by atoms with Gasteiger partial charge in [0.1, 0.15) is 0 Å². The van der Waals surface area contributed by atoms with Crippen LogP contribution in [0, 0.1) is 5.92 Å². The average Bonchev–Trinajstić information content (AvgIpc) is 2.04. The van der Waals surface area contributed by atoms with Crippen LogP contribution in [-0.4, -0.2) is 38.3 Å². The normalized spacial score (nSPS) is 14.1. The second-order valence-corrected chi connectivity index (χ2v) is 4.25. The van der Waals surface area contributed by atoms with Gasteiger partial charge in [-0.25, -0.2) is 0 Å². The number of hydrogen-bond acceptors (Lipinski definition) is 2. The third-order valence-electron chi connectivity index (χ3n) is 2.23. The van der Waals surface area contributed by atoms with Crippen molar-refractivity contribution in [2.24, 2.45) is 5.92 Å². The Balaban J connectivity index is 3.51. The first kappa shape index (κ1) is 12.9. The molecular weight excluding hydrogens is 162 g/mol. The third kappa shape index (κ3) is 8.26. The van der Waals surface area contributed by atoms with Crippen molar-refractivity contribution in [3.05, 3.63) is 0 Å². The molecule has 2 nitrogen and oxygen atoms in total. The molecule has 0 N–H and O–H groups in total. The summed E-state index contributed by atoms with van der Waals surface area (Å²) in [5, 5.41) is 0. The molecule has 0 aromatic rings. The second kappa shape index (κ2) is 7.34. The van der Waals surface area contributed by atoms with Crippen LogP contribution in [0.3, 0.4) is 0 Å². The van der Waals surface area contributed by atoms with E-state index >= 15 is 0 Å². The Bertz CT molecular complexity index is 101. The van der Waals surface area contributed by atoms with Gasteiger partial charge in [-0.05, 0) is 46.8 Å². The molecule has 0 aliphatic heterocycles. The van der Waals surface area contributed by atoms with E-state index in [1.54, 1.807) is 0 Å². The molecule has 0 radical (unpaired) electrons. The lowest BCUT2D eigenvalue weighted by Gasteiger charge is -2.19. The first-order chi connectivity index (χ1) is 6.06. The molecule has 0 saturated carbocycles. The predicted octanol–water partition coefficient (Wildman–Crippen LogP) is 2.39. The van der Waals surface area contributed by atoms with Gasteiger partial charge >= 0.3 is 0 Å². The summed E-state index contributed by atoms with van der Waals surface area (Å²) >= 11 is 0. The van der Waals surface area contributed by atoms with Crippen molar-refractivity contribution >= 4 is 0 Å². The lowest BCUT2D eigenvalue weighted by atomic mass is 10.0. The van der Waals surface area contributed by atoms with Crippen molar-refractivity contribution in [3.8, 4) is 0 Å². The Morgan fingerprint density at radius 3 is 2.23 bits per heavy atom. The van der Waals surface area contributed by atoms with Gasteiger partial charge in [0.2, 0.25) is 0 Å². The molecule has 1 atom stereocenters. The number of rotatable bonds is 7. The highest BCUT2D eigenvalue weighted by atomic mass is 16.5. The van der Waals surface area contributed by atoms with Crippen molar-refractivity contribution in [3.63, 3.8) is 0 Å². The molecule has 80 valence electrons. The van der Waals surface area contributed by atoms with Crippen LogP contribution in [0.2, 0.25) is 0 Å². The lowest BCUT2D eigenvalue weighted by molar-refractivity contribution is 0.0462. The minimum Gasteiger partial charge on any atom is -0.379 e. The highest BCUT2D eigenvalue weighted by molar-refractivity contribution is 4.58. The molecule has 0 aliphatic rings. The molecule has 13 heavy (non-hydrogen) atoms. The minimum absolute atomic E-state index is 0.369. The van der Waals surface area contributed by atoms with Gasteiger partial charge in [-0.2, -0.15) is 0 Å². The standard InChI is InChI=1S/C11H25NO/c1-6-11(7-8-12(4)5)9-13-10(2)3/h10-11H,6-9H2,1-5H3. The second-order valence-electron chi connectivity index (χ2n) is 4.25. The highest BCUT2D eigenvalue weighted by Gasteiger charge is 2.07. The van der Waals surface area contributed by atoms with Gasteiger partial charge < -0.3 is 9.64 Å². The maximum atomic E-state index is 5.61. The van der Waals surface area contributed by atoms with Crippen molar-refractivity contribution in [1.82, 2.24) is 4.90 Å². The smallest absolute Gasteiger partial charge is 0.0519 e. The number of ether oxygens (including phenoxy) is 1. The van der Waals surface area contributed by atoms with Gasteiger partial charge in [-0.15, -0.1) is 0 Å². The van der Waals surface area contributed by atoms with E-state index in [0.29, 0.717) is 6.10 Å². The maximum absolute atomic E-state index is 5.61. The fraction of sp³-hybridized carbons (Fsp3) is 1.00. The van der Waals surface area contributed by atoms with Crippen LogP contribution < -0.4 is 0 Å². The van der Waals surface area contributed by atoms with Gasteiger partial charge in [0.25, 0.3) is 0 Å². The van der Waals surface area contributed by atoms with Crippen LogP contribution in [0.25, 0.3) is 0 Å². The van der Waals surface area contributed by atoms with Gasteiger partial charge in [-0.1, -0.05) is 13.3 Å².